The van der Waals surface area contributed by atoms with Crippen molar-refractivity contribution < 1.29 is 48.3 Å². The maximum atomic E-state index is 14.2. The Balaban J connectivity index is 1.77. The van der Waals surface area contributed by atoms with Gasteiger partial charge in [-0.25, -0.2) is 4.79 Å². The van der Waals surface area contributed by atoms with E-state index in [9.17, 15) is 29.4 Å². The van der Waals surface area contributed by atoms with Crippen LogP contribution >= 0.6 is 0 Å². The molecule has 0 radical (unpaired) electrons. The molecule has 0 spiro atoms. The molecular formula is C43H65NO10. The summed E-state index contributed by atoms with van der Waals surface area (Å²) in [5, 5.41) is 22.1. The van der Waals surface area contributed by atoms with E-state index in [1.54, 1.807) is 39.4 Å². The van der Waals surface area contributed by atoms with E-state index >= 15 is 0 Å². The summed E-state index contributed by atoms with van der Waals surface area (Å²) in [6.07, 6.45) is 12.5. The van der Waals surface area contributed by atoms with Gasteiger partial charge in [0.25, 0.3) is 11.7 Å². The Kier molecular flexibility index (Phi) is 16.0. The summed E-state index contributed by atoms with van der Waals surface area (Å²) in [4.78, 5) is 57.4. The van der Waals surface area contributed by atoms with Crippen molar-refractivity contribution in [3.05, 3.63) is 48.1 Å². The zero-order chi connectivity index (χ0) is 39.7. The number of ketones is 2. The van der Waals surface area contributed by atoms with Gasteiger partial charge in [-0.3, -0.25) is 14.4 Å². The number of ether oxygens (including phenoxy) is 4. The number of nitrogens with zero attached hydrogens (tertiary/aromatic N) is 1. The van der Waals surface area contributed by atoms with Crippen molar-refractivity contribution in [3.8, 4) is 0 Å². The predicted molar refractivity (Wildman–Crippen MR) is 205 cm³/mol. The van der Waals surface area contributed by atoms with Crippen LogP contribution in [0.1, 0.15) is 105 Å². The molecule has 3 heterocycles. The fourth-order valence-corrected chi connectivity index (χ4v) is 8.84. The predicted octanol–water partition coefficient (Wildman–Crippen LogP) is 5.82. The SMILES string of the molecule is C=CC[C@@H]1/C=C(\C)C[C@H](C)C[C@H](OC)[C@H]2O[C@@](O)(C(=O)C(=O)N3CCCC[C@H]3C(=O)O[C@H](/C(C)=C/C3CCC(O)CC3)[C@H](C)/C=C/C1=O)[C@H](C)C[C@@H]2OC. The number of aliphatic hydroxyl groups excluding tert-OH is 1. The normalized spacial score (nSPS) is 40.1. The maximum absolute atomic E-state index is 14.2. The Labute approximate surface area is 322 Å². The lowest BCUT2D eigenvalue weighted by Crippen LogP contribution is -2.64. The van der Waals surface area contributed by atoms with Gasteiger partial charge in [0, 0.05) is 38.5 Å². The monoisotopic (exact) mass is 755 g/mol. The summed E-state index contributed by atoms with van der Waals surface area (Å²) >= 11 is 0. The van der Waals surface area contributed by atoms with Crippen LogP contribution in [0.5, 0.6) is 0 Å². The minimum atomic E-state index is -2.47. The van der Waals surface area contributed by atoms with E-state index in [4.69, 9.17) is 18.9 Å². The summed E-state index contributed by atoms with van der Waals surface area (Å²) in [5.74, 6) is -6.70. The van der Waals surface area contributed by atoms with E-state index in [2.05, 4.69) is 19.6 Å². The van der Waals surface area contributed by atoms with E-state index in [1.807, 2.05) is 26.8 Å². The molecule has 2 saturated heterocycles. The van der Waals surface area contributed by atoms with Crippen LogP contribution in [-0.2, 0) is 38.1 Å². The number of piperidine rings is 1. The quantitative estimate of drug-likeness (QED) is 0.193. The number of carbonyl (C=O) groups excluding carboxylic acids is 4. The van der Waals surface area contributed by atoms with E-state index in [1.165, 1.54) is 4.90 Å². The third-order valence-electron chi connectivity index (χ3n) is 12.0. The number of carbonyl (C=O) groups is 4. The van der Waals surface area contributed by atoms with E-state index < -0.39 is 71.7 Å². The molecule has 11 nitrogen and oxygen atoms in total. The average molecular weight is 756 g/mol. The average Bonchev–Trinajstić information content (AvgIpc) is 3.15. The molecule has 2 bridgehead atoms. The first-order chi connectivity index (χ1) is 25.6. The molecule has 10 atom stereocenters. The molecule has 3 fully saturated rings. The van der Waals surface area contributed by atoms with Crippen LogP contribution in [0.3, 0.4) is 0 Å². The summed E-state index contributed by atoms with van der Waals surface area (Å²) in [6.45, 7) is 13.5. The number of esters is 1. The number of methoxy groups -OCH3 is 2. The van der Waals surface area contributed by atoms with Gasteiger partial charge in [0.1, 0.15) is 18.2 Å². The first-order valence-corrected chi connectivity index (χ1v) is 20.0. The second kappa shape index (κ2) is 19.8. The fourth-order valence-electron chi connectivity index (χ4n) is 8.84. The van der Waals surface area contributed by atoms with E-state index in [-0.39, 0.29) is 36.7 Å². The maximum Gasteiger partial charge on any atom is 0.329 e. The molecule has 2 N–H and O–H groups in total. The Morgan fingerprint density at radius 2 is 1.69 bits per heavy atom. The van der Waals surface area contributed by atoms with Crippen molar-refractivity contribution in [2.75, 3.05) is 20.8 Å². The number of cyclic esters (lactones) is 1. The second-order valence-corrected chi connectivity index (χ2v) is 16.4. The Hall–Kier alpha value is -2.96. The molecule has 0 aromatic carbocycles. The molecule has 1 saturated carbocycles. The first kappa shape index (κ1) is 43.8. The number of rotatable bonds is 6. The van der Waals surface area contributed by atoms with Crippen molar-refractivity contribution in [1.82, 2.24) is 4.90 Å². The molecule has 1 aliphatic carbocycles. The van der Waals surface area contributed by atoms with Gasteiger partial charge < -0.3 is 34.1 Å². The van der Waals surface area contributed by atoms with Crippen molar-refractivity contribution in [3.63, 3.8) is 0 Å². The largest absolute Gasteiger partial charge is 0.456 e. The number of hydrogen-bond acceptors (Lipinski definition) is 10. The first-order valence-electron chi connectivity index (χ1n) is 20.0. The standard InChI is InChI=1S/C43H65NO10/c1-9-12-32-22-26(2)21-27(3)23-36(51-7)39-37(52-8)25-30(6)43(50,54-39)40(47)41(48)44-20-11-10-13-34(44)42(49)53-38(28(4)14-19-35(32)46)29(5)24-31-15-17-33(45)18-16-31/h9,14,19,22,24,27-28,30-34,36-39,45,50H,1,10-13,15-18,20-21,23,25H2,2-8H3/b19-14+,26-22+,29-24+/t27-,28+,30+,31?,32+,33?,34-,36-,37-,38-,39+,43+/m0/s1. The van der Waals surface area contributed by atoms with Crippen molar-refractivity contribution in [2.45, 2.75) is 148 Å². The van der Waals surface area contributed by atoms with Crippen molar-refractivity contribution in [2.24, 2.45) is 29.6 Å². The lowest BCUT2D eigenvalue weighted by atomic mass is 9.82. The third kappa shape index (κ3) is 10.7. The highest BCUT2D eigenvalue weighted by Gasteiger charge is 2.56. The molecule has 4 rings (SSSR count). The molecular weight excluding hydrogens is 690 g/mol. The highest BCUT2D eigenvalue weighted by Crippen LogP contribution is 2.39. The van der Waals surface area contributed by atoms with Gasteiger partial charge in [-0.1, -0.05) is 50.6 Å². The molecule has 1 amide bonds. The van der Waals surface area contributed by atoms with Gasteiger partial charge in [-0.15, -0.1) is 6.58 Å². The smallest absolute Gasteiger partial charge is 0.329 e. The number of allylic oxidation sites excluding steroid dienone is 5. The number of hydrogen-bond donors (Lipinski definition) is 2. The lowest BCUT2D eigenvalue weighted by Gasteiger charge is -2.47. The van der Waals surface area contributed by atoms with Crippen LogP contribution in [0, 0.1) is 29.6 Å². The zero-order valence-electron chi connectivity index (χ0n) is 33.5. The zero-order valence-corrected chi connectivity index (χ0v) is 33.5. The van der Waals surface area contributed by atoms with E-state index in [0.29, 0.717) is 51.4 Å². The van der Waals surface area contributed by atoms with Gasteiger partial charge in [-0.2, -0.15) is 0 Å². The molecule has 4 aliphatic rings. The number of aliphatic hydroxyl groups is 2. The minimum absolute atomic E-state index is 0.0569. The van der Waals surface area contributed by atoms with Crippen LogP contribution in [0.25, 0.3) is 0 Å². The number of Topliss-reactive ketones (excluding diaryl/α,β-unsaturated/α-hetero) is 1. The summed E-state index contributed by atoms with van der Waals surface area (Å²) in [7, 11) is 3.09. The van der Waals surface area contributed by atoms with E-state index in [0.717, 1.165) is 24.0 Å². The Morgan fingerprint density at radius 3 is 2.33 bits per heavy atom. The Morgan fingerprint density at radius 1 is 1.02 bits per heavy atom. The molecule has 11 heteroatoms. The minimum Gasteiger partial charge on any atom is -0.456 e. The molecule has 0 unspecified atom stereocenters. The Bertz CT molecular complexity index is 1430. The van der Waals surface area contributed by atoms with Gasteiger partial charge in [0.2, 0.25) is 5.79 Å². The summed E-state index contributed by atoms with van der Waals surface area (Å²) < 4.78 is 24.2. The second-order valence-electron chi connectivity index (χ2n) is 16.4. The van der Waals surface area contributed by atoms with Gasteiger partial charge in [0.05, 0.1) is 18.3 Å². The van der Waals surface area contributed by atoms with Crippen molar-refractivity contribution in [1.29, 1.82) is 0 Å². The molecule has 3 aliphatic heterocycles. The highest BCUT2D eigenvalue weighted by molar-refractivity contribution is 6.39. The highest BCUT2D eigenvalue weighted by atomic mass is 16.7. The van der Waals surface area contributed by atoms with Crippen LogP contribution in [0.15, 0.2) is 48.1 Å². The molecule has 54 heavy (non-hydrogen) atoms. The summed E-state index contributed by atoms with van der Waals surface area (Å²) in [6, 6.07) is -1.05. The topological polar surface area (TPSA) is 149 Å². The van der Waals surface area contributed by atoms with Crippen LogP contribution in [0.4, 0.5) is 0 Å². The van der Waals surface area contributed by atoms with Gasteiger partial charge >= 0.3 is 5.97 Å². The lowest BCUT2D eigenvalue weighted by molar-refractivity contribution is -0.302. The van der Waals surface area contributed by atoms with Gasteiger partial charge in [0.15, 0.2) is 5.78 Å². The van der Waals surface area contributed by atoms with Crippen LogP contribution < -0.4 is 0 Å². The number of fused-ring (bicyclic) bond motifs is 3. The van der Waals surface area contributed by atoms with Crippen molar-refractivity contribution >= 4 is 23.4 Å². The third-order valence-corrected chi connectivity index (χ3v) is 12.0. The van der Waals surface area contributed by atoms with Crippen LogP contribution in [0.2, 0.25) is 0 Å². The van der Waals surface area contributed by atoms with Crippen LogP contribution in [-0.4, -0.2) is 102 Å². The molecule has 0 aromatic heterocycles. The van der Waals surface area contributed by atoms with Gasteiger partial charge in [-0.05, 0) is 108 Å². The molecule has 302 valence electrons. The fraction of sp³-hybridized carbons (Fsp3) is 0.721. The molecule has 0 aromatic rings. The summed E-state index contributed by atoms with van der Waals surface area (Å²) in [5.41, 5.74) is 1.83. The number of amides is 1.